The van der Waals surface area contributed by atoms with Crippen molar-refractivity contribution in [2.24, 2.45) is 0 Å². The first kappa shape index (κ1) is 17.5. The number of carbonyl (C=O) groups excluding carboxylic acids is 2. The van der Waals surface area contributed by atoms with Crippen molar-refractivity contribution < 1.29 is 14.0 Å². The minimum atomic E-state index is -0.165. The highest BCUT2D eigenvalue weighted by atomic mass is 79.9. The molecule has 0 radical (unpaired) electrons. The molecule has 0 fully saturated rings. The highest BCUT2D eigenvalue weighted by molar-refractivity contribution is 9.10. The molecule has 2 aromatic carbocycles. The van der Waals surface area contributed by atoms with Gasteiger partial charge >= 0.3 is 0 Å². The topological polar surface area (TPSA) is 62.6 Å². The van der Waals surface area contributed by atoms with Gasteiger partial charge in [-0.05, 0) is 73.0 Å². The minimum Gasteiger partial charge on any atom is -0.459 e. The Labute approximate surface area is 165 Å². The van der Waals surface area contributed by atoms with E-state index in [1.807, 2.05) is 30.3 Å². The maximum absolute atomic E-state index is 12.7. The predicted molar refractivity (Wildman–Crippen MR) is 107 cm³/mol. The molecule has 0 bridgehead atoms. The van der Waals surface area contributed by atoms with Gasteiger partial charge in [-0.1, -0.05) is 15.9 Å². The number of nitrogens with zero attached hydrogens (tertiary/aromatic N) is 1. The third kappa shape index (κ3) is 3.66. The van der Waals surface area contributed by atoms with E-state index in [-0.39, 0.29) is 11.8 Å². The fourth-order valence-corrected chi connectivity index (χ4v) is 3.49. The van der Waals surface area contributed by atoms with Crippen LogP contribution in [0.3, 0.4) is 0 Å². The summed E-state index contributed by atoms with van der Waals surface area (Å²) in [5.41, 5.74) is 3.21. The number of nitrogens with one attached hydrogen (secondary N) is 1. The molecule has 6 heteroatoms. The Balaban J connectivity index is 1.55. The van der Waals surface area contributed by atoms with Crippen LogP contribution < -0.4 is 10.2 Å². The van der Waals surface area contributed by atoms with Gasteiger partial charge in [-0.25, -0.2) is 0 Å². The second-order valence-electron chi connectivity index (χ2n) is 6.34. The summed E-state index contributed by atoms with van der Waals surface area (Å²) in [5.74, 6) is 0.0184. The molecule has 1 aliphatic rings. The van der Waals surface area contributed by atoms with E-state index in [1.54, 1.807) is 29.2 Å². The zero-order chi connectivity index (χ0) is 18.8. The molecular weight excluding hydrogens is 408 g/mol. The van der Waals surface area contributed by atoms with Crippen LogP contribution in [0, 0.1) is 0 Å². The molecule has 1 N–H and O–H groups in total. The Kier molecular flexibility index (Phi) is 4.81. The number of furan rings is 1. The van der Waals surface area contributed by atoms with Gasteiger partial charge in [-0.15, -0.1) is 0 Å². The Bertz CT molecular complexity index is 981. The summed E-state index contributed by atoms with van der Waals surface area (Å²) >= 11 is 3.36. The molecule has 2 heterocycles. The lowest BCUT2D eigenvalue weighted by Crippen LogP contribution is -2.35. The van der Waals surface area contributed by atoms with Gasteiger partial charge in [0, 0.05) is 28.0 Å². The van der Waals surface area contributed by atoms with E-state index in [1.165, 1.54) is 6.26 Å². The largest absolute Gasteiger partial charge is 0.459 e. The number of rotatable bonds is 3. The van der Waals surface area contributed by atoms with Crippen molar-refractivity contribution in [3.8, 4) is 0 Å². The molecular formula is C21H17BrN2O3. The summed E-state index contributed by atoms with van der Waals surface area (Å²) in [6.07, 6.45) is 3.22. The van der Waals surface area contributed by atoms with Crippen molar-refractivity contribution in [1.82, 2.24) is 0 Å². The maximum Gasteiger partial charge on any atom is 0.293 e. The number of anilines is 2. The Hall–Kier alpha value is -2.86. The van der Waals surface area contributed by atoms with E-state index in [4.69, 9.17) is 4.42 Å². The summed E-state index contributed by atoms with van der Waals surface area (Å²) < 4.78 is 6.17. The maximum atomic E-state index is 12.7. The number of aryl methyl sites for hydroxylation is 1. The molecule has 0 spiro atoms. The third-order valence-electron chi connectivity index (χ3n) is 4.54. The van der Waals surface area contributed by atoms with E-state index in [0.29, 0.717) is 23.6 Å². The van der Waals surface area contributed by atoms with Crippen LogP contribution >= 0.6 is 15.9 Å². The van der Waals surface area contributed by atoms with Crippen LogP contribution in [0.4, 0.5) is 11.4 Å². The first-order chi connectivity index (χ1) is 13.1. The van der Waals surface area contributed by atoms with Gasteiger partial charge in [0.05, 0.1) is 6.26 Å². The molecule has 0 saturated carbocycles. The van der Waals surface area contributed by atoms with Gasteiger partial charge in [0.25, 0.3) is 11.8 Å². The van der Waals surface area contributed by atoms with Crippen molar-refractivity contribution in [2.75, 3.05) is 16.8 Å². The molecule has 4 rings (SSSR count). The van der Waals surface area contributed by atoms with Gasteiger partial charge in [-0.3, -0.25) is 9.59 Å². The Morgan fingerprint density at radius 1 is 1.07 bits per heavy atom. The van der Waals surface area contributed by atoms with E-state index in [2.05, 4.69) is 21.2 Å². The Morgan fingerprint density at radius 3 is 2.63 bits per heavy atom. The average molecular weight is 425 g/mol. The van der Waals surface area contributed by atoms with Crippen LogP contribution in [0.15, 0.2) is 69.8 Å². The SMILES string of the molecule is O=C(Nc1ccc2c(c1)CCCN2C(=O)c1ccco1)c1ccc(Br)cc1. The smallest absolute Gasteiger partial charge is 0.293 e. The van der Waals surface area contributed by atoms with Crippen molar-refractivity contribution in [2.45, 2.75) is 12.8 Å². The van der Waals surface area contributed by atoms with Crippen LogP contribution in [0.25, 0.3) is 0 Å². The third-order valence-corrected chi connectivity index (χ3v) is 5.07. The Morgan fingerprint density at radius 2 is 1.89 bits per heavy atom. The van der Waals surface area contributed by atoms with E-state index in [0.717, 1.165) is 28.6 Å². The van der Waals surface area contributed by atoms with Gasteiger partial charge in [0.1, 0.15) is 0 Å². The minimum absolute atomic E-state index is 0.146. The first-order valence-corrected chi connectivity index (χ1v) is 9.46. The monoisotopic (exact) mass is 424 g/mol. The van der Waals surface area contributed by atoms with Crippen molar-refractivity contribution in [3.05, 3.63) is 82.2 Å². The first-order valence-electron chi connectivity index (χ1n) is 8.67. The zero-order valence-electron chi connectivity index (χ0n) is 14.4. The number of halogens is 1. The van der Waals surface area contributed by atoms with Crippen LogP contribution in [0.1, 0.15) is 32.9 Å². The molecule has 27 heavy (non-hydrogen) atoms. The van der Waals surface area contributed by atoms with Gasteiger partial charge in [-0.2, -0.15) is 0 Å². The highest BCUT2D eigenvalue weighted by Crippen LogP contribution is 2.31. The molecule has 3 aromatic rings. The van der Waals surface area contributed by atoms with Crippen LogP contribution in [0.5, 0.6) is 0 Å². The number of hydrogen-bond acceptors (Lipinski definition) is 3. The summed E-state index contributed by atoms with van der Waals surface area (Å²) in [6, 6.07) is 16.2. The lowest BCUT2D eigenvalue weighted by molar-refractivity contribution is 0.0957. The number of hydrogen-bond donors (Lipinski definition) is 1. The molecule has 0 saturated heterocycles. The summed E-state index contributed by atoms with van der Waals surface area (Å²) in [6.45, 7) is 0.650. The molecule has 1 aromatic heterocycles. The van der Waals surface area contributed by atoms with E-state index < -0.39 is 0 Å². The van der Waals surface area contributed by atoms with Crippen molar-refractivity contribution in [3.63, 3.8) is 0 Å². The normalized spacial score (nSPS) is 13.1. The van der Waals surface area contributed by atoms with Crippen LogP contribution in [-0.2, 0) is 6.42 Å². The molecule has 1 aliphatic heterocycles. The average Bonchev–Trinajstić information content (AvgIpc) is 3.22. The number of amides is 2. The summed E-state index contributed by atoms with van der Waals surface area (Å²) in [5, 5.41) is 2.92. The predicted octanol–water partition coefficient (Wildman–Crippen LogP) is 4.89. The van der Waals surface area contributed by atoms with Crippen molar-refractivity contribution >= 4 is 39.1 Å². The van der Waals surface area contributed by atoms with E-state index in [9.17, 15) is 9.59 Å². The van der Waals surface area contributed by atoms with Crippen LogP contribution in [0.2, 0.25) is 0 Å². The number of benzene rings is 2. The van der Waals surface area contributed by atoms with Gasteiger partial charge in [0.15, 0.2) is 5.76 Å². The van der Waals surface area contributed by atoms with E-state index >= 15 is 0 Å². The fourth-order valence-electron chi connectivity index (χ4n) is 3.22. The molecule has 0 unspecified atom stereocenters. The molecule has 2 amide bonds. The summed E-state index contributed by atoms with van der Waals surface area (Å²) in [4.78, 5) is 26.8. The fraction of sp³-hybridized carbons (Fsp3) is 0.143. The second kappa shape index (κ2) is 7.40. The van der Waals surface area contributed by atoms with Gasteiger partial charge in [0.2, 0.25) is 0 Å². The second-order valence-corrected chi connectivity index (χ2v) is 7.26. The zero-order valence-corrected chi connectivity index (χ0v) is 16.0. The quantitative estimate of drug-likeness (QED) is 0.650. The lowest BCUT2D eigenvalue weighted by Gasteiger charge is -2.29. The number of carbonyl (C=O) groups is 2. The molecule has 0 aliphatic carbocycles. The molecule has 136 valence electrons. The summed E-state index contributed by atoms with van der Waals surface area (Å²) in [7, 11) is 0. The molecule has 5 nitrogen and oxygen atoms in total. The molecule has 0 atom stereocenters. The van der Waals surface area contributed by atoms with Crippen LogP contribution in [-0.4, -0.2) is 18.4 Å². The van der Waals surface area contributed by atoms with Crippen molar-refractivity contribution in [1.29, 1.82) is 0 Å². The van der Waals surface area contributed by atoms with Gasteiger partial charge < -0.3 is 14.6 Å². The standard InChI is InChI=1S/C21H17BrN2O3/c22-16-7-5-14(6-8-16)20(25)23-17-9-10-18-15(13-17)3-1-11-24(18)21(26)19-4-2-12-27-19/h2,4-10,12-13H,1,3,11H2,(H,23,25). The highest BCUT2D eigenvalue weighted by Gasteiger charge is 2.25. The number of fused-ring (bicyclic) bond motifs is 1. The lowest BCUT2D eigenvalue weighted by atomic mass is 10.0.